The molecule has 0 aliphatic rings. The summed E-state index contributed by atoms with van der Waals surface area (Å²) in [6, 6.07) is 6.36. The largest absolute Gasteiger partial charge is 0.346 e. The molecule has 18 heavy (non-hydrogen) atoms. The Morgan fingerprint density at radius 2 is 2.00 bits per heavy atom. The molecule has 2 N–H and O–H groups in total. The Morgan fingerprint density at radius 1 is 1.39 bits per heavy atom. The molecule has 0 saturated heterocycles. The lowest BCUT2D eigenvalue weighted by atomic mass is 9.94. The summed E-state index contributed by atoms with van der Waals surface area (Å²) in [6.45, 7) is 3.98. The van der Waals surface area contributed by atoms with E-state index in [0.717, 1.165) is 12.8 Å². The number of terminal acetylenes is 1. The molecule has 0 fully saturated rings. The van der Waals surface area contributed by atoms with Gasteiger partial charge in [-0.15, -0.1) is 6.42 Å². The van der Waals surface area contributed by atoms with Gasteiger partial charge >= 0.3 is 0 Å². The number of nitrogens with one attached hydrogen (secondary N) is 2. The van der Waals surface area contributed by atoms with E-state index in [0.29, 0.717) is 10.8 Å². The standard InChI is InChI=1S/C14H17FN2S/c1-4-14(5-2,6-3)17-13(18)16-12-10-8-7-9-11(12)15/h1,7-10H,5-6H2,2-3H3,(H2,16,17,18). The molecule has 0 aromatic heterocycles. The summed E-state index contributed by atoms with van der Waals surface area (Å²) in [6.07, 6.45) is 7.02. The molecule has 0 unspecified atom stereocenters. The normalized spacial score (nSPS) is 10.6. The highest BCUT2D eigenvalue weighted by Gasteiger charge is 2.23. The second kappa shape index (κ2) is 6.36. The van der Waals surface area contributed by atoms with Crippen LogP contribution in [-0.4, -0.2) is 10.7 Å². The Bertz CT molecular complexity index is 461. The van der Waals surface area contributed by atoms with Gasteiger partial charge in [-0.25, -0.2) is 4.39 Å². The summed E-state index contributed by atoms with van der Waals surface area (Å²) in [5.41, 5.74) is -0.136. The van der Waals surface area contributed by atoms with Gasteiger partial charge in [0.05, 0.1) is 11.2 Å². The van der Waals surface area contributed by atoms with Crippen molar-refractivity contribution in [3.8, 4) is 12.3 Å². The molecule has 0 radical (unpaired) electrons. The van der Waals surface area contributed by atoms with E-state index in [1.54, 1.807) is 18.2 Å². The van der Waals surface area contributed by atoms with E-state index in [1.807, 2.05) is 13.8 Å². The number of rotatable bonds is 4. The summed E-state index contributed by atoms with van der Waals surface area (Å²) in [7, 11) is 0. The van der Waals surface area contributed by atoms with E-state index in [9.17, 15) is 4.39 Å². The molecule has 96 valence electrons. The maximum absolute atomic E-state index is 13.4. The molecule has 0 saturated carbocycles. The second-order valence-electron chi connectivity index (χ2n) is 3.99. The van der Waals surface area contributed by atoms with Crippen molar-refractivity contribution in [1.82, 2.24) is 5.32 Å². The van der Waals surface area contributed by atoms with Gasteiger partial charge < -0.3 is 10.6 Å². The SMILES string of the molecule is C#CC(CC)(CC)NC(=S)Nc1ccccc1F. The van der Waals surface area contributed by atoms with Crippen LogP contribution >= 0.6 is 12.2 Å². The zero-order chi connectivity index (χ0) is 13.6. The summed E-state index contributed by atoms with van der Waals surface area (Å²) < 4.78 is 13.4. The molecule has 0 aliphatic carbocycles. The summed E-state index contributed by atoms with van der Waals surface area (Å²) in [5.74, 6) is 2.37. The van der Waals surface area contributed by atoms with E-state index < -0.39 is 5.54 Å². The summed E-state index contributed by atoms with van der Waals surface area (Å²) in [4.78, 5) is 0. The molecule has 0 amide bonds. The predicted molar refractivity (Wildman–Crippen MR) is 77.9 cm³/mol. The smallest absolute Gasteiger partial charge is 0.172 e. The number of halogens is 1. The topological polar surface area (TPSA) is 24.1 Å². The maximum Gasteiger partial charge on any atom is 0.172 e. The molecule has 4 heteroatoms. The molecule has 1 aromatic rings. The fourth-order valence-corrected chi connectivity index (χ4v) is 1.91. The highest BCUT2D eigenvalue weighted by molar-refractivity contribution is 7.80. The van der Waals surface area contributed by atoms with Crippen LogP contribution in [0.15, 0.2) is 24.3 Å². The average molecular weight is 264 g/mol. The van der Waals surface area contributed by atoms with Crippen molar-refractivity contribution in [2.45, 2.75) is 32.2 Å². The lowest BCUT2D eigenvalue weighted by molar-refractivity contribution is 0.461. The second-order valence-corrected chi connectivity index (χ2v) is 4.40. The third-order valence-corrected chi connectivity index (χ3v) is 3.16. The first-order chi connectivity index (χ1) is 8.56. The quantitative estimate of drug-likeness (QED) is 0.644. The van der Waals surface area contributed by atoms with Crippen molar-refractivity contribution in [2.75, 3.05) is 5.32 Å². The van der Waals surface area contributed by atoms with Gasteiger partial charge in [0.15, 0.2) is 5.11 Å². The molecular formula is C14H17FN2S. The van der Waals surface area contributed by atoms with Gasteiger partial charge in [0, 0.05) is 0 Å². The van der Waals surface area contributed by atoms with Gasteiger partial charge in [0.25, 0.3) is 0 Å². The van der Waals surface area contributed by atoms with Crippen molar-refractivity contribution >= 4 is 23.0 Å². The Hall–Kier alpha value is -1.60. The first-order valence-electron chi connectivity index (χ1n) is 5.88. The van der Waals surface area contributed by atoms with Crippen LogP contribution < -0.4 is 10.6 Å². The molecule has 0 heterocycles. The van der Waals surface area contributed by atoms with Crippen LogP contribution in [0.4, 0.5) is 10.1 Å². The van der Waals surface area contributed by atoms with E-state index in [4.69, 9.17) is 18.6 Å². The first-order valence-corrected chi connectivity index (χ1v) is 6.29. The minimum atomic E-state index is -0.477. The lowest BCUT2D eigenvalue weighted by Gasteiger charge is -2.28. The first kappa shape index (κ1) is 14.5. The number of hydrogen-bond donors (Lipinski definition) is 2. The van der Waals surface area contributed by atoms with Gasteiger partial charge in [-0.05, 0) is 37.2 Å². The Morgan fingerprint density at radius 3 is 2.50 bits per heavy atom. The number of thiocarbonyl (C=S) groups is 1. The van der Waals surface area contributed by atoms with E-state index in [1.165, 1.54) is 6.07 Å². The Labute approximate surface area is 113 Å². The zero-order valence-electron chi connectivity index (χ0n) is 10.6. The molecule has 2 nitrogen and oxygen atoms in total. The fraction of sp³-hybridized carbons (Fsp3) is 0.357. The van der Waals surface area contributed by atoms with Crippen molar-refractivity contribution in [3.63, 3.8) is 0 Å². The van der Waals surface area contributed by atoms with Gasteiger partial charge in [-0.3, -0.25) is 0 Å². The Balaban J connectivity index is 2.74. The number of benzene rings is 1. The summed E-state index contributed by atoms with van der Waals surface area (Å²) in [5, 5.41) is 6.23. The van der Waals surface area contributed by atoms with Crippen molar-refractivity contribution in [2.24, 2.45) is 0 Å². The number of anilines is 1. The van der Waals surface area contributed by atoms with Crippen LogP contribution in [0.25, 0.3) is 0 Å². The molecule has 0 bridgehead atoms. The number of hydrogen-bond acceptors (Lipinski definition) is 1. The van der Waals surface area contributed by atoms with Crippen molar-refractivity contribution in [3.05, 3.63) is 30.1 Å². The fourth-order valence-electron chi connectivity index (χ4n) is 1.60. The molecule has 0 aliphatic heterocycles. The van der Waals surface area contributed by atoms with Crippen LogP contribution in [0.1, 0.15) is 26.7 Å². The van der Waals surface area contributed by atoms with Gasteiger partial charge in [0.2, 0.25) is 0 Å². The lowest BCUT2D eigenvalue weighted by Crippen LogP contribution is -2.48. The van der Waals surface area contributed by atoms with Crippen LogP contribution in [0, 0.1) is 18.2 Å². The Kier molecular flexibility index (Phi) is 5.11. The van der Waals surface area contributed by atoms with Crippen LogP contribution in [0.5, 0.6) is 0 Å². The molecule has 0 atom stereocenters. The zero-order valence-corrected chi connectivity index (χ0v) is 11.4. The average Bonchev–Trinajstić information content (AvgIpc) is 2.39. The molecule has 1 aromatic carbocycles. The molecule has 0 spiro atoms. The highest BCUT2D eigenvalue weighted by atomic mass is 32.1. The van der Waals surface area contributed by atoms with Crippen molar-refractivity contribution < 1.29 is 4.39 Å². The van der Waals surface area contributed by atoms with Gasteiger partial charge in [0.1, 0.15) is 5.82 Å². The van der Waals surface area contributed by atoms with Gasteiger partial charge in [-0.1, -0.05) is 31.9 Å². The minimum absolute atomic E-state index is 0.335. The van der Waals surface area contributed by atoms with Crippen LogP contribution in [0.3, 0.4) is 0 Å². The highest BCUT2D eigenvalue weighted by Crippen LogP contribution is 2.16. The predicted octanol–water partition coefficient (Wildman–Crippen LogP) is 3.30. The minimum Gasteiger partial charge on any atom is -0.346 e. The van der Waals surface area contributed by atoms with Crippen molar-refractivity contribution in [1.29, 1.82) is 0 Å². The van der Waals surface area contributed by atoms with E-state index in [-0.39, 0.29) is 5.82 Å². The van der Waals surface area contributed by atoms with E-state index >= 15 is 0 Å². The molecule has 1 rings (SSSR count). The van der Waals surface area contributed by atoms with Crippen LogP contribution in [0.2, 0.25) is 0 Å². The number of para-hydroxylation sites is 1. The third kappa shape index (κ3) is 3.44. The monoisotopic (exact) mass is 264 g/mol. The summed E-state index contributed by atoms with van der Waals surface area (Å²) >= 11 is 5.16. The molecular weight excluding hydrogens is 247 g/mol. The van der Waals surface area contributed by atoms with Crippen LogP contribution in [-0.2, 0) is 0 Å². The van der Waals surface area contributed by atoms with Gasteiger partial charge in [-0.2, -0.15) is 0 Å². The maximum atomic E-state index is 13.4. The van der Waals surface area contributed by atoms with E-state index in [2.05, 4.69) is 16.6 Å². The third-order valence-electron chi connectivity index (χ3n) is 2.96.